The predicted molar refractivity (Wildman–Crippen MR) is 89.5 cm³/mol. The van der Waals surface area contributed by atoms with Crippen molar-refractivity contribution in [3.8, 4) is 0 Å². The van der Waals surface area contributed by atoms with Crippen LogP contribution in [0.3, 0.4) is 0 Å². The Morgan fingerprint density at radius 1 is 1.19 bits per heavy atom. The molecule has 0 heterocycles. The summed E-state index contributed by atoms with van der Waals surface area (Å²) >= 11 is 3.47. The van der Waals surface area contributed by atoms with Gasteiger partial charge in [0.2, 0.25) is 5.91 Å². The molecule has 0 radical (unpaired) electrons. The molecule has 0 fully saturated rings. The van der Waals surface area contributed by atoms with Crippen LogP contribution < -0.4 is 5.43 Å². The second kappa shape index (κ2) is 7.18. The Morgan fingerprint density at radius 3 is 2.57 bits per heavy atom. The molecule has 4 heteroatoms. The molecule has 3 nitrogen and oxygen atoms in total. The topological polar surface area (TPSA) is 41.5 Å². The van der Waals surface area contributed by atoms with Crippen LogP contribution in [-0.2, 0) is 11.2 Å². The number of hydrogen-bond acceptors (Lipinski definition) is 2. The Bertz CT molecular complexity index is 663. The van der Waals surface area contributed by atoms with E-state index in [9.17, 15) is 4.79 Å². The summed E-state index contributed by atoms with van der Waals surface area (Å²) in [6.45, 7) is 4.04. The molecule has 0 spiro atoms. The van der Waals surface area contributed by atoms with E-state index in [4.69, 9.17) is 0 Å². The highest BCUT2D eigenvalue weighted by Gasteiger charge is 2.01. The number of nitrogens with zero attached hydrogens (tertiary/aromatic N) is 1. The van der Waals surface area contributed by atoms with Gasteiger partial charge in [-0.25, -0.2) is 5.43 Å². The summed E-state index contributed by atoms with van der Waals surface area (Å²) in [4.78, 5) is 11.8. The van der Waals surface area contributed by atoms with Gasteiger partial charge in [-0.1, -0.05) is 57.9 Å². The molecule has 1 amide bonds. The summed E-state index contributed by atoms with van der Waals surface area (Å²) in [5.74, 6) is -0.124. The maximum absolute atomic E-state index is 11.8. The van der Waals surface area contributed by atoms with Crippen molar-refractivity contribution in [2.24, 2.45) is 5.10 Å². The molecule has 2 aromatic rings. The first-order valence-corrected chi connectivity index (χ1v) is 7.47. The molecule has 2 aromatic carbocycles. The van der Waals surface area contributed by atoms with Crippen molar-refractivity contribution in [2.45, 2.75) is 20.3 Å². The Balaban J connectivity index is 1.89. The van der Waals surface area contributed by atoms with E-state index in [0.717, 1.165) is 21.2 Å². The first kappa shape index (κ1) is 15.4. The normalized spacial score (nSPS) is 10.8. The van der Waals surface area contributed by atoms with E-state index in [1.807, 2.05) is 56.3 Å². The molecule has 0 saturated carbocycles. The summed E-state index contributed by atoms with van der Waals surface area (Å²) in [6, 6.07) is 13.8. The quantitative estimate of drug-likeness (QED) is 0.665. The van der Waals surface area contributed by atoms with Crippen LogP contribution in [0.1, 0.15) is 22.3 Å². The van der Waals surface area contributed by atoms with Crippen molar-refractivity contribution in [3.63, 3.8) is 0 Å². The number of carbonyl (C=O) groups is 1. The molecule has 0 unspecified atom stereocenters. The van der Waals surface area contributed by atoms with Gasteiger partial charge in [0.15, 0.2) is 0 Å². The van der Waals surface area contributed by atoms with Gasteiger partial charge >= 0.3 is 0 Å². The average molecular weight is 345 g/mol. The van der Waals surface area contributed by atoms with Gasteiger partial charge in [-0.05, 0) is 36.6 Å². The smallest absolute Gasteiger partial charge is 0.244 e. The molecule has 0 bridgehead atoms. The Morgan fingerprint density at radius 2 is 1.90 bits per heavy atom. The van der Waals surface area contributed by atoms with Crippen LogP contribution in [0, 0.1) is 13.8 Å². The number of aryl methyl sites for hydroxylation is 2. The van der Waals surface area contributed by atoms with Gasteiger partial charge in [0.05, 0.1) is 12.6 Å². The molecule has 2 rings (SSSR count). The molecule has 0 aliphatic rings. The molecule has 0 aliphatic heterocycles. The molecule has 0 atom stereocenters. The minimum absolute atomic E-state index is 0.124. The van der Waals surface area contributed by atoms with E-state index < -0.39 is 0 Å². The van der Waals surface area contributed by atoms with Gasteiger partial charge in [0.25, 0.3) is 0 Å². The van der Waals surface area contributed by atoms with Crippen LogP contribution in [0.15, 0.2) is 52.0 Å². The van der Waals surface area contributed by atoms with Crippen LogP contribution in [0.5, 0.6) is 0 Å². The van der Waals surface area contributed by atoms with Gasteiger partial charge in [0.1, 0.15) is 0 Å². The van der Waals surface area contributed by atoms with Gasteiger partial charge < -0.3 is 0 Å². The van der Waals surface area contributed by atoms with Crippen LogP contribution in [0.4, 0.5) is 0 Å². The third kappa shape index (κ3) is 4.83. The minimum Gasteiger partial charge on any atom is -0.273 e. The fourth-order valence-electron chi connectivity index (χ4n) is 1.80. The lowest BCUT2D eigenvalue weighted by atomic mass is 10.1. The second-order valence-corrected chi connectivity index (χ2v) is 5.82. The maximum atomic E-state index is 11.8. The summed E-state index contributed by atoms with van der Waals surface area (Å²) in [7, 11) is 0. The van der Waals surface area contributed by atoms with Crippen LogP contribution in [-0.4, -0.2) is 12.1 Å². The third-order valence-electron chi connectivity index (χ3n) is 3.08. The lowest BCUT2D eigenvalue weighted by molar-refractivity contribution is -0.120. The second-order valence-electron chi connectivity index (χ2n) is 4.96. The van der Waals surface area contributed by atoms with Gasteiger partial charge in [-0.2, -0.15) is 5.10 Å². The number of rotatable bonds is 4. The summed E-state index contributed by atoms with van der Waals surface area (Å²) in [5.41, 5.74) is 6.80. The summed E-state index contributed by atoms with van der Waals surface area (Å²) < 4.78 is 1.03. The minimum atomic E-state index is -0.124. The SMILES string of the molecule is Cc1ccc(CC(=O)N/N=C/c2ccc(C)c(Br)c2)cc1. The first-order valence-electron chi connectivity index (χ1n) is 6.68. The number of amides is 1. The molecule has 21 heavy (non-hydrogen) atoms. The third-order valence-corrected chi connectivity index (χ3v) is 3.94. The first-order chi connectivity index (χ1) is 10.0. The predicted octanol–water partition coefficient (Wildman–Crippen LogP) is 3.76. The van der Waals surface area contributed by atoms with E-state index in [1.54, 1.807) is 6.21 Å². The molecular formula is C17H17BrN2O. The number of benzene rings is 2. The molecule has 1 N–H and O–H groups in total. The fraction of sp³-hybridized carbons (Fsp3) is 0.176. The number of hydrogen-bond donors (Lipinski definition) is 1. The lowest BCUT2D eigenvalue weighted by Gasteiger charge is -2.02. The van der Waals surface area contributed by atoms with Crippen LogP contribution in [0.2, 0.25) is 0 Å². The van der Waals surface area contributed by atoms with E-state index >= 15 is 0 Å². The summed E-state index contributed by atoms with van der Waals surface area (Å²) in [6.07, 6.45) is 1.96. The van der Waals surface area contributed by atoms with E-state index in [-0.39, 0.29) is 5.91 Å². The zero-order valence-electron chi connectivity index (χ0n) is 12.1. The van der Waals surface area contributed by atoms with E-state index in [0.29, 0.717) is 6.42 Å². The largest absolute Gasteiger partial charge is 0.273 e. The average Bonchev–Trinajstić information content (AvgIpc) is 2.45. The maximum Gasteiger partial charge on any atom is 0.244 e. The molecule has 0 aromatic heterocycles. The highest BCUT2D eigenvalue weighted by Crippen LogP contribution is 2.16. The highest BCUT2D eigenvalue weighted by molar-refractivity contribution is 9.10. The van der Waals surface area contributed by atoms with Crippen molar-refractivity contribution < 1.29 is 4.79 Å². The highest BCUT2D eigenvalue weighted by atomic mass is 79.9. The number of halogens is 1. The molecule has 0 aliphatic carbocycles. The zero-order valence-corrected chi connectivity index (χ0v) is 13.6. The van der Waals surface area contributed by atoms with E-state index in [1.165, 1.54) is 5.56 Å². The van der Waals surface area contributed by atoms with Gasteiger partial charge in [0, 0.05) is 4.47 Å². The molecule has 108 valence electrons. The number of nitrogens with one attached hydrogen (secondary N) is 1. The van der Waals surface area contributed by atoms with Crippen LogP contribution >= 0.6 is 15.9 Å². The Kier molecular flexibility index (Phi) is 5.28. The number of carbonyl (C=O) groups excluding carboxylic acids is 1. The fourth-order valence-corrected chi connectivity index (χ4v) is 2.20. The van der Waals surface area contributed by atoms with Crippen molar-refractivity contribution in [3.05, 3.63) is 69.2 Å². The standard InChI is InChI=1S/C17H17BrN2O/c1-12-3-6-14(7-4-12)10-17(21)20-19-11-15-8-5-13(2)16(18)9-15/h3-9,11H,10H2,1-2H3,(H,20,21)/b19-11+. The monoisotopic (exact) mass is 344 g/mol. The van der Waals surface area contributed by atoms with Crippen molar-refractivity contribution in [2.75, 3.05) is 0 Å². The summed E-state index contributed by atoms with van der Waals surface area (Å²) in [5, 5.41) is 3.98. The van der Waals surface area contributed by atoms with Gasteiger partial charge in [-0.3, -0.25) is 4.79 Å². The Labute approximate surface area is 133 Å². The van der Waals surface area contributed by atoms with Crippen LogP contribution in [0.25, 0.3) is 0 Å². The van der Waals surface area contributed by atoms with E-state index in [2.05, 4.69) is 26.5 Å². The Hall–Kier alpha value is -1.94. The number of hydrazone groups is 1. The molecular weight excluding hydrogens is 328 g/mol. The van der Waals surface area contributed by atoms with Crippen molar-refractivity contribution >= 4 is 28.1 Å². The lowest BCUT2D eigenvalue weighted by Crippen LogP contribution is -2.19. The van der Waals surface area contributed by atoms with Gasteiger partial charge in [-0.15, -0.1) is 0 Å². The molecule has 0 saturated heterocycles. The van der Waals surface area contributed by atoms with Crippen molar-refractivity contribution in [1.29, 1.82) is 0 Å². The van der Waals surface area contributed by atoms with Crippen molar-refractivity contribution in [1.82, 2.24) is 5.43 Å². The zero-order chi connectivity index (χ0) is 15.2.